The summed E-state index contributed by atoms with van der Waals surface area (Å²) in [5.41, 5.74) is 1.21. The van der Waals surface area contributed by atoms with Gasteiger partial charge in [-0.15, -0.1) is 24.0 Å². The standard InChI is InChI=1S/C24H43N5O2.HI/c1-6-25-23(27-20-24(4,5)29-14-16-30-17-15-29)26-19-21-9-11-22(12-10-21)31-18-13-28(7-2)8-3;/h9-12H,6-8,13-20H2,1-5H3,(H2,25,26,27);1H. The molecule has 0 aromatic heterocycles. The lowest BCUT2D eigenvalue weighted by molar-refractivity contribution is -0.00834. The first-order valence-electron chi connectivity index (χ1n) is 11.8. The first kappa shape index (κ1) is 28.9. The summed E-state index contributed by atoms with van der Waals surface area (Å²) < 4.78 is 11.4. The SMILES string of the molecule is CCNC(=NCc1ccc(OCCN(CC)CC)cc1)NCC(C)(C)N1CCOCC1.I. The van der Waals surface area contributed by atoms with Crippen molar-refractivity contribution in [3.05, 3.63) is 29.8 Å². The zero-order chi connectivity index (χ0) is 22.5. The Morgan fingerprint density at radius 1 is 1.09 bits per heavy atom. The van der Waals surface area contributed by atoms with E-state index in [1.54, 1.807) is 0 Å². The maximum absolute atomic E-state index is 5.88. The van der Waals surface area contributed by atoms with Crippen molar-refractivity contribution in [3.8, 4) is 5.75 Å². The van der Waals surface area contributed by atoms with Crippen LogP contribution >= 0.6 is 24.0 Å². The van der Waals surface area contributed by atoms with E-state index in [2.05, 4.69) is 67.2 Å². The van der Waals surface area contributed by atoms with E-state index in [4.69, 9.17) is 14.5 Å². The second kappa shape index (κ2) is 15.7. The molecule has 0 radical (unpaired) electrons. The molecule has 1 aliphatic heterocycles. The van der Waals surface area contributed by atoms with Gasteiger partial charge in [-0.05, 0) is 51.6 Å². The van der Waals surface area contributed by atoms with Crippen LogP contribution in [0.5, 0.6) is 5.75 Å². The summed E-state index contributed by atoms with van der Waals surface area (Å²) in [4.78, 5) is 9.61. The van der Waals surface area contributed by atoms with Crippen molar-refractivity contribution in [2.45, 2.75) is 46.7 Å². The third kappa shape index (κ3) is 10.2. The predicted octanol–water partition coefficient (Wildman–Crippen LogP) is 3.19. The highest BCUT2D eigenvalue weighted by Gasteiger charge is 2.28. The molecule has 0 atom stereocenters. The molecule has 1 aliphatic rings. The molecule has 1 saturated heterocycles. The van der Waals surface area contributed by atoms with Crippen LogP contribution in [-0.2, 0) is 11.3 Å². The van der Waals surface area contributed by atoms with Crippen LogP contribution in [0, 0.1) is 0 Å². The number of ether oxygens (including phenoxy) is 2. The van der Waals surface area contributed by atoms with Crippen LogP contribution in [-0.4, -0.2) is 86.9 Å². The Morgan fingerprint density at radius 3 is 2.34 bits per heavy atom. The van der Waals surface area contributed by atoms with Crippen LogP contribution in [0.25, 0.3) is 0 Å². The number of nitrogens with one attached hydrogen (secondary N) is 2. The maximum atomic E-state index is 5.88. The summed E-state index contributed by atoms with van der Waals surface area (Å²) in [7, 11) is 0. The third-order valence-corrected chi connectivity index (χ3v) is 5.81. The molecule has 1 fully saturated rings. The van der Waals surface area contributed by atoms with Gasteiger partial charge in [-0.2, -0.15) is 0 Å². The van der Waals surface area contributed by atoms with E-state index in [-0.39, 0.29) is 29.5 Å². The number of nitrogens with zero attached hydrogens (tertiary/aromatic N) is 3. The summed E-state index contributed by atoms with van der Waals surface area (Å²) >= 11 is 0. The van der Waals surface area contributed by atoms with Crippen LogP contribution in [0.15, 0.2) is 29.3 Å². The minimum absolute atomic E-state index is 0. The summed E-state index contributed by atoms with van der Waals surface area (Å²) in [5, 5.41) is 6.87. The van der Waals surface area contributed by atoms with Gasteiger partial charge in [-0.25, -0.2) is 4.99 Å². The topological polar surface area (TPSA) is 61.4 Å². The van der Waals surface area contributed by atoms with Gasteiger partial charge in [0, 0.05) is 38.3 Å². The minimum Gasteiger partial charge on any atom is -0.492 e. The van der Waals surface area contributed by atoms with E-state index < -0.39 is 0 Å². The molecule has 0 bridgehead atoms. The van der Waals surface area contributed by atoms with Crippen molar-refractivity contribution in [1.29, 1.82) is 0 Å². The maximum Gasteiger partial charge on any atom is 0.191 e. The second-order valence-electron chi connectivity index (χ2n) is 8.48. The van der Waals surface area contributed by atoms with Gasteiger partial charge in [0.05, 0.1) is 19.8 Å². The van der Waals surface area contributed by atoms with Gasteiger partial charge in [-0.3, -0.25) is 4.90 Å². The highest BCUT2D eigenvalue weighted by molar-refractivity contribution is 14.0. The lowest BCUT2D eigenvalue weighted by atomic mass is 10.0. The molecule has 2 rings (SSSR count). The molecule has 0 unspecified atom stereocenters. The van der Waals surface area contributed by atoms with Crippen LogP contribution in [0.1, 0.15) is 40.2 Å². The van der Waals surface area contributed by atoms with Gasteiger partial charge in [0.25, 0.3) is 0 Å². The number of hydrogen-bond donors (Lipinski definition) is 2. The molecule has 1 aromatic rings. The van der Waals surface area contributed by atoms with E-state index >= 15 is 0 Å². The Labute approximate surface area is 212 Å². The Bertz CT molecular complexity index is 644. The van der Waals surface area contributed by atoms with Crippen molar-refractivity contribution >= 4 is 29.9 Å². The molecule has 0 aliphatic carbocycles. The molecule has 1 aromatic carbocycles. The van der Waals surface area contributed by atoms with Gasteiger partial charge in [0.15, 0.2) is 5.96 Å². The van der Waals surface area contributed by atoms with Crippen LogP contribution in [0.2, 0.25) is 0 Å². The van der Waals surface area contributed by atoms with Gasteiger partial charge < -0.3 is 25.0 Å². The lowest BCUT2D eigenvalue weighted by Crippen LogP contribution is -2.56. The quantitative estimate of drug-likeness (QED) is 0.232. The van der Waals surface area contributed by atoms with Crippen LogP contribution in [0.4, 0.5) is 0 Å². The number of morpholine rings is 1. The predicted molar refractivity (Wildman–Crippen MR) is 144 cm³/mol. The van der Waals surface area contributed by atoms with E-state index in [0.717, 1.165) is 70.7 Å². The van der Waals surface area contributed by atoms with Crippen LogP contribution in [0.3, 0.4) is 0 Å². The van der Waals surface area contributed by atoms with Crippen molar-refractivity contribution < 1.29 is 9.47 Å². The summed E-state index contributed by atoms with van der Waals surface area (Å²) in [5.74, 6) is 1.76. The number of aliphatic imine (C=N–C) groups is 1. The summed E-state index contributed by atoms with van der Waals surface area (Å²) in [6.45, 7) is 20.7. The van der Waals surface area contributed by atoms with Crippen molar-refractivity contribution in [2.75, 3.05) is 65.6 Å². The highest BCUT2D eigenvalue weighted by Crippen LogP contribution is 2.15. The second-order valence-corrected chi connectivity index (χ2v) is 8.48. The average Bonchev–Trinajstić information content (AvgIpc) is 2.80. The summed E-state index contributed by atoms with van der Waals surface area (Å²) in [6.07, 6.45) is 0. The lowest BCUT2D eigenvalue weighted by Gasteiger charge is -2.41. The molecular weight excluding hydrogens is 517 g/mol. The fraction of sp³-hybridized carbons (Fsp3) is 0.708. The number of halogens is 1. The van der Waals surface area contributed by atoms with Crippen molar-refractivity contribution in [2.24, 2.45) is 4.99 Å². The number of benzene rings is 1. The monoisotopic (exact) mass is 561 g/mol. The molecule has 8 heteroatoms. The van der Waals surface area contributed by atoms with E-state index in [1.165, 1.54) is 5.56 Å². The Kier molecular flexibility index (Phi) is 14.2. The van der Waals surface area contributed by atoms with Crippen LogP contribution < -0.4 is 15.4 Å². The molecule has 0 spiro atoms. The van der Waals surface area contributed by atoms with Gasteiger partial charge >= 0.3 is 0 Å². The van der Waals surface area contributed by atoms with Gasteiger partial charge in [-0.1, -0.05) is 26.0 Å². The first-order valence-corrected chi connectivity index (χ1v) is 11.8. The van der Waals surface area contributed by atoms with E-state index in [9.17, 15) is 0 Å². The number of guanidine groups is 1. The minimum atomic E-state index is 0. The number of likely N-dealkylation sites (N-methyl/N-ethyl adjacent to an activating group) is 1. The Morgan fingerprint density at radius 2 is 1.75 bits per heavy atom. The molecule has 0 saturated carbocycles. The van der Waals surface area contributed by atoms with Crippen molar-refractivity contribution in [1.82, 2.24) is 20.4 Å². The molecular formula is C24H44IN5O2. The van der Waals surface area contributed by atoms with Crippen molar-refractivity contribution in [3.63, 3.8) is 0 Å². The Hall–Kier alpha value is -1.10. The average molecular weight is 562 g/mol. The number of hydrogen-bond acceptors (Lipinski definition) is 5. The number of rotatable bonds is 12. The molecule has 7 nitrogen and oxygen atoms in total. The van der Waals surface area contributed by atoms with E-state index in [1.807, 2.05) is 12.1 Å². The normalized spacial score (nSPS) is 15.4. The fourth-order valence-corrected chi connectivity index (χ4v) is 3.62. The zero-order valence-corrected chi connectivity index (χ0v) is 23.0. The van der Waals surface area contributed by atoms with Gasteiger partial charge in [0.1, 0.15) is 12.4 Å². The third-order valence-electron chi connectivity index (χ3n) is 5.81. The summed E-state index contributed by atoms with van der Waals surface area (Å²) in [6, 6.07) is 8.26. The highest BCUT2D eigenvalue weighted by atomic mass is 127. The molecule has 1 heterocycles. The molecule has 2 N–H and O–H groups in total. The zero-order valence-electron chi connectivity index (χ0n) is 20.7. The molecule has 184 valence electrons. The first-order chi connectivity index (χ1) is 15.0. The smallest absolute Gasteiger partial charge is 0.191 e. The molecule has 0 amide bonds. The molecule has 32 heavy (non-hydrogen) atoms. The Balaban J connectivity index is 0.00000512. The largest absolute Gasteiger partial charge is 0.492 e. The van der Waals surface area contributed by atoms with Gasteiger partial charge in [0.2, 0.25) is 0 Å². The van der Waals surface area contributed by atoms with E-state index in [0.29, 0.717) is 13.2 Å². The fourth-order valence-electron chi connectivity index (χ4n) is 3.62.